The van der Waals surface area contributed by atoms with Gasteiger partial charge >= 0.3 is 11.1 Å². The summed E-state index contributed by atoms with van der Waals surface area (Å²) in [5.41, 5.74) is 0. The molecule has 1 aliphatic heterocycles. The monoisotopic (exact) mass is 172 g/mol. The first-order chi connectivity index (χ1) is 4.46. The predicted molar refractivity (Wildman–Crippen MR) is 32.7 cm³/mol. The highest BCUT2D eigenvalue weighted by Gasteiger charge is 2.55. The Morgan fingerprint density at radius 1 is 1.30 bits per heavy atom. The van der Waals surface area contributed by atoms with E-state index in [1.165, 1.54) is 0 Å². The molecule has 1 nitrogen and oxygen atoms in total. The molecule has 0 bridgehead atoms. The molecule has 1 atom stereocenters. The normalized spacial score (nSPS) is 39.6. The third kappa shape index (κ3) is 1.25. The van der Waals surface area contributed by atoms with Crippen molar-refractivity contribution in [3.63, 3.8) is 0 Å². The fraction of sp³-hybridized carbons (Fsp3) is 1.00. The summed E-state index contributed by atoms with van der Waals surface area (Å²) >= 11 is 0.266. The van der Waals surface area contributed by atoms with Crippen LogP contribution in [0.15, 0.2) is 0 Å². The lowest BCUT2D eigenvalue weighted by Gasteiger charge is -2.31. The van der Waals surface area contributed by atoms with E-state index in [0.29, 0.717) is 0 Å². The quantitative estimate of drug-likeness (QED) is 0.600. The maximum absolute atomic E-state index is 12.4. The van der Waals surface area contributed by atoms with E-state index in [0.717, 1.165) is 0 Å². The summed E-state index contributed by atoms with van der Waals surface area (Å²) in [5, 5.41) is 5.11. The molecule has 0 aromatic carbocycles. The average Bonchev–Trinajstić information content (AvgIpc) is 1.77. The molecule has 5 heteroatoms. The van der Waals surface area contributed by atoms with Crippen molar-refractivity contribution in [3.8, 4) is 0 Å². The van der Waals surface area contributed by atoms with Gasteiger partial charge in [0.2, 0.25) is 0 Å². The highest BCUT2D eigenvalue weighted by Crippen LogP contribution is 2.46. The van der Waals surface area contributed by atoms with E-state index in [-0.39, 0.29) is 23.9 Å². The van der Waals surface area contributed by atoms with Crippen LogP contribution in [0.3, 0.4) is 0 Å². The summed E-state index contributed by atoms with van der Waals surface area (Å²) in [5.74, 6) is -3.32. The number of alkyl halides is 3. The zero-order chi connectivity index (χ0) is 7.83. The zero-order valence-corrected chi connectivity index (χ0v) is 5.93. The van der Waals surface area contributed by atoms with E-state index in [2.05, 4.69) is 0 Å². The molecule has 1 rings (SSSR count). The van der Waals surface area contributed by atoms with E-state index in [1.807, 2.05) is 0 Å². The van der Waals surface area contributed by atoms with Gasteiger partial charge in [-0.3, -0.25) is 0 Å². The first kappa shape index (κ1) is 8.20. The second-order valence-electron chi connectivity index (χ2n) is 2.22. The molecule has 1 unspecified atom stereocenters. The van der Waals surface area contributed by atoms with Crippen molar-refractivity contribution in [2.24, 2.45) is 0 Å². The van der Waals surface area contributed by atoms with Gasteiger partial charge in [0, 0.05) is 6.42 Å². The van der Waals surface area contributed by atoms with E-state index < -0.39 is 17.5 Å². The molecule has 1 heterocycles. The highest BCUT2D eigenvalue weighted by molar-refractivity contribution is 8.00. The molecule has 1 saturated heterocycles. The summed E-state index contributed by atoms with van der Waals surface area (Å²) in [4.78, 5) is 0. The minimum absolute atomic E-state index is 0.253. The molecule has 0 spiro atoms. The number of hydrogen-bond donors (Lipinski definition) is 1. The molecule has 0 amide bonds. The fourth-order valence-electron chi connectivity index (χ4n) is 0.761. The molecule has 1 N–H and O–H groups in total. The number of aliphatic hydroxyl groups is 1. The van der Waals surface area contributed by atoms with Crippen LogP contribution in [0.5, 0.6) is 0 Å². The van der Waals surface area contributed by atoms with Crippen molar-refractivity contribution in [2.75, 3.05) is 5.75 Å². The van der Waals surface area contributed by atoms with Gasteiger partial charge in [-0.1, -0.05) is 11.8 Å². The van der Waals surface area contributed by atoms with Crippen LogP contribution in [0.4, 0.5) is 13.2 Å². The summed E-state index contributed by atoms with van der Waals surface area (Å²) < 4.78 is 37.1. The number of halogens is 3. The van der Waals surface area contributed by atoms with Crippen LogP contribution in [0, 0.1) is 0 Å². The van der Waals surface area contributed by atoms with Gasteiger partial charge in [-0.25, -0.2) is 0 Å². The van der Waals surface area contributed by atoms with Crippen LogP contribution in [-0.2, 0) is 0 Å². The summed E-state index contributed by atoms with van der Waals surface area (Å²) in [6.07, 6.45) is -0.309. The van der Waals surface area contributed by atoms with Gasteiger partial charge in [0.15, 0.2) is 0 Å². The van der Waals surface area contributed by atoms with Crippen molar-refractivity contribution in [2.45, 2.75) is 24.0 Å². The minimum Gasteiger partial charge on any atom is -0.349 e. The summed E-state index contributed by atoms with van der Waals surface area (Å²) in [6, 6.07) is 0. The predicted octanol–water partition coefficient (Wildman–Crippen LogP) is 1.76. The van der Waals surface area contributed by atoms with Gasteiger partial charge < -0.3 is 5.11 Å². The lowest BCUT2D eigenvalue weighted by molar-refractivity contribution is -0.199. The third-order valence-corrected chi connectivity index (χ3v) is 2.55. The van der Waals surface area contributed by atoms with Gasteiger partial charge in [0.25, 0.3) is 0 Å². The van der Waals surface area contributed by atoms with Crippen molar-refractivity contribution >= 4 is 11.8 Å². The van der Waals surface area contributed by atoms with Gasteiger partial charge in [0.05, 0.1) is 0 Å². The van der Waals surface area contributed by atoms with Crippen LogP contribution >= 0.6 is 11.8 Å². The number of thioether (sulfide) groups is 1. The van der Waals surface area contributed by atoms with E-state index >= 15 is 0 Å². The van der Waals surface area contributed by atoms with Crippen LogP contribution in [0.1, 0.15) is 12.8 Å². The Labute approximate surface area is 60.6 Å². The SMILES string of the molecule is OC1(F)SCCCC1(F)F. The van der Waals surface area contributed by atoms with Crippen LogP contribution in [0.25, 0.3) is 0 Å². The lowest BCUT2D eigenvalue weighted by atomic mass is 10.2. The van der Waals surface area contributed by atoms with Crippen molar-refractivity contribution in [1.82, 2.24) is 0 Å². The molecule has 0 radical (unpaired) electrons. The van der Waals surface area contributed by atoms with E-state index in [1.54, 1.807) is 0 Å². The minimum atomic E-state index is -3.57. The van der Waals surface area contributed by atoms with Crippen molar-refractivity contribution in [1.29, 1.82) is 0 Å². The molecule has 10 heavy (non-hydrogen) atoms. The smallest absolute Gasteiger partial charge is 0.319 e. The molecule has 0 aromatic rings. The van der Waals surface area contributed by atoms with Crippen LogP contribution in [0.2, 0.25) is 0 Å². The number of hydrogen-bond acceptors (Lipinski definition) is 2. The second-order valence-corrected chi connectivity index (χ2v) is 3.46. The van der Waals surface area contributed by atoms with E-state index in [4.69, 9.17) is 5.11 Å². The second kappa shape index (κ2) is 2.30. The van der Waals surface area contributed by atoms with Crippen LogP contribution in [-0.4, -0.2) is 22.0 Å². The maximum atomic E-state index is 12.4. The zero-order valence-electron chi connectivity index (χ0n) is 5.11. The van der Waals surface area contributed by atoms with Crippen molar-refractivity contribution < 1.29 is 18.3 Å². The molecule has 0 aromatic heterocycles. The highest BCUT2D eigenvalue weighted by atomic mass is 32.2. The Morgan fingerprint density at radius 2 is 1.90 bits per heavy atom. The maximum Gasteiger partial charge on any atom is 0.319 e. The molecule has 60 valence electrons. The van der Waals surface area contributed by atoms with Gasteiger partial charge in [0.1, 0.15) is 0 Å². The number of rotatable bonds is 0. The van der Waals surface area contributed by atoms with Gasteiger partial charge in [-0.2, -0.15) is 13.2 Å². The average molecular weight is 172 g/mol. The largest absolute Gasteiger partial charge is 0.349 e. The summed E-state index contributed by atoms with van der Waals surface area (Å²) in [6.45, 7) is 0. The van der Waals surface area contributed by atoms with Crippen molar-refractivity contribution in [3.05, 3.63) is 0 Å². The fourth-order valence-corrected chi connectivity index (χ4v) is 1.63. The van der Waals surface area contributed by atoms with Crippen LogP contribution < -0.4 is 0 Å². The standard InChI is InChI=1S/C5H7F3OS/c6-4(7)2-1-3-10-5(4,8)9/h9H,1-3H2. The lowest BCUT2D eigenvalue weighted by Crippen LogP contribution is -2.44. The van der Waals surface area contributed by atoms with E-state index in [9.17, 15) is 13.2 Å². The summed E-state index contributed by atoms with van der Waals surface area (Å²) in [7, 11) is 0. The molecular weight excluding hydrogens is 165 g/mol. The molecular formula is C5H7F3OS. The Kier molecular flexibility index (Phi) is 1.89. The first-order valence-corrected chi connectivity index (χ1v) is 3.87. The van der Waals surface area contributed by atoms with Gasteiger partial charge in [-0.05, 0) is 12.2 Å². The molecule has 1 fully saturated rings. The Morgan fingerprint density at radius 3 is 2.20 bits per heavy atom. The topological polar surface area (TPSA) is 20.2 Å². The Balaban J connectivity index is 2.70. The molecule has 0 saturated carbocycles. The first-order valence-electron chi connectivity index (χ1n) is 2.89. The Hall–Kier alpha value is 0.1000. The van der Waals surface area contributed by atoms with Gasteiger partial charge in [-0.15, -0.1) is 0 Å². The Bertz CT molecular complexity index is 121. The third-order valence-electron chi connectivity index (χ3n) is 1.38. The molecule has 1 aliphatic rings. The molecule has 0 aliphatic carbocycles.